The fourth-order valence-electron chi connectivity index (χ4n) is 2.35. The lowest BCUT2D eigenvalue weighted by Gasteiger charge is -2.37. The van der Waals surface area contributed by atoms with Crippen LogP contribution in [-0.4, -0.2) is 43.0 Å². The summed E-state index contributed by atoms with van der Waals surface area (Å²) in [5, 5.41) is 18.1. The molecule has 1 saturated heterocycles. The van der Waals surface area contributed by atoms with Crippen LogP contribution in [0.5, 0.6) is 11.5 Å². The van der Waals surface area contributed by atoms with Crippen LogP contribution < -0.4 is 14.9 Å². The van der Waals surface area contributed by atoms with Gasteiger partial charge in [0.1, 0.15) is 11.5 Å². The van der Waals surface area contributed by atoms with Gasteiger partial charge in [-0.3, -0.25) is 0 Å². The number of esters is 1. The molecule has 1 aliphatic rings. The number of benzene rings is 2. The lowest BCUT2D eigenvalue weighted by Crippen LogP contribution is -2.44. The molecule has 0 aliphatic carbocycles. The van der Waals surface area contributed by atoms with E-state index in [9.17, 15) is 4.79 Å². The summed E-state index contributed by atoms with van der Waals surface area (Å²) < 4.78 is 16.2. The van der Waals surface area contributed by atoms with Gasteiger partial charge in [-0.15, -0.1) is 0 Å². The SMILES string of the molecule is CC1(COc2ccc(C(=O)Oc3ccc(B(O)O)cc3)cc2)COC1. The number of carbonyl (C=O) groups is 1. The molecule has 6 nitrogen and oxygen atoms in total. The second kappa shape index (κ2) is 7.27. The normalized spacial score (nSPS) is 15.2. The molecule has 0 radical (unpaired) electrons. The van der Waals surface area contributed by atoms with Gasteiger partial charge in [0.05, 0.1) is 25.4 Å². The molecule has 0 aromatic heterocycles. The first-order valence-corrected chi connectivity index (χ1v) is 7.94. The van der Waals surface area contributed by atoms with Crippen LogP contribution in [0, 0.1) is 5.41 Å². The Morgan fingerprint density at radius 1 is 1.08 bits per heavy atom. The van der Waals surface area contributed by atoms with Gasteiger partial charge in [0, 0.05) is 5.41 Å². The lowest BCUT2D eigenvalue weighted by molar-refractivity contribution is -0.120. The average Bonchev–Trinajstić information content (AvgIpc) is 2.59. The summed E-state index contributed by atoms with van der Waals surface area (Å²) in [6, 6.07) is 12.7. The van der Waals surface area contributed by atoms with Crippen molar-refractivity contribution in [1.29, 1.82) is 0 Å². The Balaban J connectivity index is 1.56. The Kier molecular flexibility index (Phi) is 5.08. The first-order chi connectivity index (χ1) is 12.0. The Bertz CT molecular complexity index is 722. The number of ether oxygens (including phenoxy) is 3. The van der Waals surface area contributed by atoms with Crippen molar-refractivity contribution in [3.63, 3.8) is 0 Å². The molecule has 1 fully saturated rings. The highest BCUT2D eigenvalue weighted by molar-refractivity contribution is 6.58. The van der Waals surface area contributed by atoms with Gasteiger partial charge in [0.2, 0.25) is 0 Å². The van der Waals surface area contributed by atoms with Crippen LogP contribution in [0.3, 0.4) is 0 Å². The minimum atomic E-state index is -1.55. The van der Waals surface area contributed by atoms with Crippen molar-refractivity contribution in [2.24, 2.45) is 5.41 Å². The Labute approximate surface area is 146 Å². The molecule has 130 valence electrons. The summed E-state index contributed by atoms with van der Waals surface area (Å²) >= 11 is 0. The zero-order valence-corrected chi connectivity index (χ0v) is 13.8. The Hall–Kier alpha value is -2.35. The topological polar surface area (TPSA) is 85.2 Å². The summed E-state index contributed by atoms with van der Waals surface area (Å²) in [6.45, 7) is 4.07. The van der Waals surface area contributed by atoms with Crippen molar-refractivity contribution in [2.45, 2.75) is 6.92 Å². The third-order valence-corrected chi connectivity index (χ3v) is 3.97. The molecule has 1 heterocycles. The Morgan fingerprint density at radius 2 is 1.68 bits per heavy atom. The maximum atomic E-state index is 12.1. The molecule has 3 rings (SSSR count). The van der Waals surface area contributed by atoms with E-state index in [0.717, 1.165) is 0 Å². The molecule has 7 heteroatoms. The fraction of sp³-hybridized carbons (Fsp3) is 0.278. The smallest absolute Gasteiger partial charge is 0.488 e. The van der Waals surface area contributed by atoms with Crippen LogP contribution in [0.4, 0.5) is 0 Å². The lowest BCUT2D eigenvalue weighted by atomic mass is 9.80. The van der Waals surface area contributed by atoms with Gasteiger partial charge in [-0.25, -0.2) is 4.79 Å². The van der Waals surface area contributed by atoms with E-state index >= 15 is 0 Å². The first-order valence-electron chi connectivity index (χ1n) is 7.94. The quantitative estimate of drug-likeness (QED) is 0.463. The second-order valence-corrected chi connectivity index (χ2v) is 6.45. The maximum Gasteiger partial charge on any atom is 0.488 e. The molecule has 25 heavy (non-hydrogen) atoms. The molecule has 1 aliphatic heterocycles. The molecule has 0 unspecified atom stereocenters. The van der Waals surface area contributed by atoms with Crippen LogP contribution in [0.1, 0.15) is 17.3 Å². The largest absolute Gasteiger partial charge is 0.493 e. The average molecular weight is 342 g/mol. The second-order valence-electron chi connectivity index (χ2n) is 6.45. The number of carbonyl (C=O) groups excluding carboxylic acids is 1. The highest BCUT2D eigenvalue weighted by Gasteiger charge is 2.34. The molecular weight excluding hydrogens is 323 g/mol. The van der Waals surface area contributed by atoms with E-state index in [2.05, 4.69) is 6.92 Å². The van der Waals surface area contributed by atoms with Crippen LogP contribution in [0.25, 0.3) is 0 Å². The highest BCUT2D eigenvalue weighted by Crippen LogP contribution is 2.27. The van der Waals surface area contributed by atoms with Gasteiger partial charge in [-0.05, 0) is 41.9 Å². The first kappa shape index (κ1) is 17.5. The number of hydrogen-bond acceptors (Lipinski definition) is 6. The summed E-state index contributed by atoms with van der Waals surface area (Å²) in [4.78, 5) is 12.1. The molecule has 0 saturated carbocycles. The number of hydrogen-bond donors (Lipinski definition) is 2. The van der Waals surface area contributed by atoms with Crippen molar-refractivity contribution in [2.75, 3.05) is 19.8 Å². The monoisotopic (exact) mass is 342 g/mol. The van der Waals surface area contributed by atoms with Gasteiger partial charge in [-0.2, -0.15) is 0 Å². The molecule has 0 atom stereocenters. The zero-order chi connectivity index (χ0) is 17.9. The summed E-state index contributed by atoms with van der Waals surface area (Å²) in [6.07, 6.45) is 0. The van der Waals surface area contributed by atoms with E-state index in [1.54, 1.807) is 24.3 Å². The van der Waals surface area contributed by atoms with Gasteiger partial charge in [0.15, 0.2) is 0 Å². The Morgan fingerprint density at radius 3 is 2.20 bits per heavy atom. The van der Waals surface area contributed by atoms with E-state index in [4.69, 9.17) is 24.3 Å². The van der Waals surface area contributed by atoms with E-state index < -0.39 is 13.1 Å². The standard InChI is InChI=1S/C18H19BO6/c1-18(10-23-11-18)12-24-15-6-2-13(3-7-15)17(20)25-16-8-4-14(5-9-16)19(21)22/h2-9,21-22H,10-12H2,1H3. The summed E-state index contributed by atoms with van der Waals surface area (Å²) in [5.41, 5.74) is 0.787. The van der Waals surface area contributed by atoms with Gasteiger partial charge < -0.3 is 24.3 Å². The van der Waals surface area contributed by atoms with Crippen LogP contribution in [-0.2, 0) is 4.74 Å². The maximum absolute atomic E-state index is 12.1. The zero-order valence-electron chi connectivity index (χ0n) is 13.8. The van der Waals surface area contributed by atoms with Crippen molar-refractivity contribution < 1.29 is 29.1 Å². The van der Waals surface area contributed by atoms with E-state index in [0.29, 0.717) is 42.3 Å². The van der Waals surface area contributed by atoms with E-state index in [-0.39, 0.29) is 5.41 Å². The van der Waals surface area contributed by atoms with Crippen molar-refractivity contribution >= 4 is 18.6 Å². The third kappa shape index (κ3) is 4.39. The van der Waals surface area contributed by atoms with Gasteiger partial charge in [0.25, 0.3) is 0 Å². The minimum absolute atomic E-state index is 0.0614. The van der Waals surface area contributed by atoms with Crippen LogP contribution in [0.2, 0.25) is 0 Å². The molecular formula is C18H19BO6. The van der Waals surface area contributed by atoms with Crippen LogP contribution >= 0.6 is 0 Å². The van der Waals surface area contributed by atoms with E-state index in [1.807, 2.05) is 0 Å². The van der Waals surface area contributed by atoms with Gasteiger partial charge >= 0.3 is 13.1 Å². The van der Waals surface area contributed by atoms with Gasteiger partial charge in [-0.1, -0.05) is 19.1 Å². The molecule has 2 aromatic carbocycles. The predicted octanol–water partition coefficient (Wildman–Crippen LogP) is 1.00. The highest BCUT2D eigenvalue weighted by atomic mass is 16.5. The van der Waals surface area contributed by atoms with Crippen LogP contribution in [0.15, 0.2) is 48.5 Å². The summed E-state index contributed by atoms with van der Waals surface area (Å²) in [7, 11) is -1.55. The predicted molar refractivity (Wildman–Crippen MR) is 92.1 cm³/mol. The molecule has 0 spiro atoms. The molecule has 2 N–H and O–H groups in total. The minimum Gasteiger partial charge on any atom is -0.493 e. The third-order valence-electron chi connectivity index (χ3n) is 3.97. The van der Waals surface area contributed by atoms with Crippen molar-refractivity contribution in [1.82, 2.24) is 0 Å². The molecule has 0 bridgehead atoms. The fourth-order valence-corrected chi connectivity index (χ4v) is 2.35. The molecule has 2 aromatic rings. The molecule has 0 amide bonds. The van der Waals surface area contributed by atoms with E-state index in [1.165, 1.54) is 24.3 Å². The number of rotatable bonds is 6. The summed E-state index contributed by atoms with van der Waals surface area (Å²) in [5.74, 6) is 0.516. The van der Waals surface area contributed by atoms with Crippen molar-refractivity contribution in [3.05, 3.63) is 54.1 Å². The van der Waals surface area contributed by atoms with Crippen molar-refractivity contribution in [3.8, 4) is 11.5 Å².